The van der Waals surface area contributed by atoms with E-state index in [4.69, 9.17) is 9.84 Å². The number of carbonyl (C=O) groups is 1. The van der Waals surface area contributed by atoms with Gasteiger partial charge >= 0.3 is 5.97 Å². The SMILES string of the molecule is COC1CCC(C/C=C\CCCC(=O)O)C(c2ccccc2)C1. The molecule has 1 aliphatic rings. The van der Waals surface area contributed by atoms with Crippen molar-refractivity contribution in [3.63, 3.8) is 0 Å². The van der Waals surface area contributed by atoms with Gasteiger partial charge in [0.15, 0.2) is 0 Å². The second-order valence-corrected chi connectivity index (χ2v) is 6.44. The fourth-order valence-electron chi connectivity index (χ4n) is 3.56. The Morgan fingerprint density at radius 1 is 1.26 bits per heavy atom. The summed E-state index contributed by atoms with van der Waals surface area (Å²) >= 11 is 0. The summed E-state index contributed by atoms with van der Waals surface area (Å²) < 4.78 is 5.60. The van der Waals surface area contributed by atoms with E-state index in [1.807, 2.05) is 7.11 Å². The number of hydrogen-bond donors (Lipinski definition) is 1. The topological polar surface area (TPSA) is 46.5 Å². The van der Waals surface area contributed by atoms with Gasteiger partial charge in [-0.05, 0) is 55.9 Å². The average Bonchev–Trinajstić information content (AvgIpc) is 2.58. The second kappa shape index (κ2) is 9.51. The van der Waals surface area contributed by atoms with Crippen LogP contribution in [-0.2, 0) is 9.53 Å². The lowest BCUT2D eigenvalue weighted by Crippen LogP contribution is -2.27. The van der Waals surface area contributed by atoms with E-state index in [0.29, 0.717) is 17.9 Å². The first-order valence-corrected chi connectivity index (χ1v) is 8.65. The number of ether oxygens (including phenoxy) is 1. The minimum Gasteiger partial charge on any atom is -0.481 e. The zero-order valence-electron chi connectivity index (χ0n) is 14.0. The van der Waals surface area contributed by atoms with Gasteiger partial charge in [-0.25, -0.2) is 0 Å². The fourth-order valence-corrected chi connectivity index (χ4v) is 3.56. The molecule has 23 heavy (non-hydrogen) atoms. The predicted molar refractivity (Wildman–Crippen MR) is 92.6 cm³/mol. The lowest BCUT2D eigenvalue weighted by atomic mass is 9.73. The first kappa shape index (κ1) is 17.7. The van der Waals surface area contributed by atoms with Crippen molar-refractivity contribution in [3.8, 4) is 0 Å². The van der Waals surface area contributed by atoms with Gasteiger partial charge < -0.3 is 9.84 Å². The third-order valence-corrected chi connectivity index (χ3v) is 4.87. The lowest BCUT2D eigenvalue weighted by Gasteiger charge is -2.35. The van der Waals surface area contributed by atoms with Crippen LogP contribution in [0, 0.1) is 5.92 Å². The molecule has 1 aromatic carbocycles. The van der Waals surface area contributed by atoms with Gasteiger partial charge in [0.25, 0.3) is 0 Å². The first-order valence-electron chi connectivity index (χ1n) is 8.65. The molecule has 3 nitrogen and oxygen atoms in total. The van der Waals surface area contributed by atoms with E-state index in [0.717, 1.165) is 32.1 Å². The molecule has 126 valence electrons. The van der Waals surface area contributed by atoms with Crippen LogP contribution in [0.4, 0.5) is 0 Å². The fraction of sp³-hybridized carbons (Fsp3) is 0.550. The summed E-state index contributed by atoms with van der Waals surface area (Å²) in [4.78, 5) is 10.5. The maximum Gasteiger partial charge on any atom is 0.303 e. The van der Waals surface area contributed by atoms with Crippen LogP contribution in [0.5, 0.6) is 0 Å². The summed E-state index contributed by atoms with van der Waals surface area (Å²) in [6.07, 6.45) is 11.1. The first-order chi connectivity index (χ1) is 11.2. The standard InChI is InChI=1S/C20H28O3/c1-23-18-14-13-17(11-5-2-3-8-12-20(21)22)19(15-18)16-9-6-4-7-10-16/h2,4-7,9-10,17-19H,3,8,11-15H2,1H3,(H,21,22)/b5-2-. The van der Waals surface area contributed by atoms with Crippen molar-refractivity contribution >= 4 is 5.97 Å². The lowest BCUT2D eigenvalue weighted by molar-refractivity contribution is -0.137. The van der Waals surface area contributed by atoms with E-state index in [-0.39, 0.29) is 6.42 Å². The highest BCUT2D eigenvalue weighted by Crippen LogP contribution is 2.40. The van der Waals surface area contributed by atoms with Gasteiger partial charge in [-0.15, -0.1) is 0 Å². The van der Waals surface area contributed by atoms with Crippen LogP contribution in [-0.4, -0.2) is 24.3 Å². The minimum absolute atomic E-state index is 0.260. The Balaban J connectivity index is 1.90. The second-order valence-electron chi connectivity index (χ2n) is 6.44. The molecule has 0 spiro atoms. The molecule has 0 amide bonds. The number of benzene rings is 1. The molecule has 3 atom stereocenters. The van der Waals surface area contributed by atoms with Gasteiger partial charge in [-0.1, -0.05) is 42.5 Å². The summed E-state index contributed by atoms with van der Waals surface area (Å²) in [5.41, 5.74) is 1.42. The molecule has 1 saturated carbocycles. The van der Waals surface area contributed by atoms with E-state index in [1.165, 1.54) is 12.0 Å². The van der Waals surface area contributed by atoms with Crippen molar-refractivity contribution in [2.24, 2.45) is 5.92 Å². The quantitative estimate of drug-likeness (QED) is 0.554. The molecule has 0 aromatic heterocycles. The van der Waals surface area contributed by atoms with Crippen molar-refractivity contribution in [2.45, 2.75) is 57.0 Å². The van der Waals surface area contributed by atoms with Gasteiger partial charge in [0.2, 0.25) is 0 Å². The summed E-state index contributed by atoms with van der Waals surface area (Å²) in [6.45, 7) is 0. The van der Waals surface area contributed by atoms with Crippen molar-refractivity contribution < 1.29 is 14.6 Å². The summed E-state index contributed by atoms with van der Waals surface area (Å²) in [5.74, 6) is 0.499. The van der Waals surface area contributed by atoms with Crippen LogP contribution in [0.2, 0.25) is 0 Å². The Kier molecular flexibility index (Phi) is 7.34. The van der Waals surface area contributed by atoms with E-state index in [9.17, 15) is 4.79 Å². The molecule has 1 aliphatic carbocycles. The largest absolute Gasteiger partial charge is 0.481 e. The number of methoxy groups -OCH3 is 1. The van der Waals surface area contributed by atoms with E-state index in [1.54, 1.807) is 0 Å². The molecule has 0 heterocycles. The van der Waals surface area contributed by atoms with Crippen LogP contribution in [0.3, 0.4) is 0 Å². The maximum atomic E-state index is 10.5. The number of unbranched alkanes of at least 4 members (excludes halogenated alkanes) is 1. The Morgan fingerprint density at radius 2 is 2.04 bits per heavy atom. The summed E-state index contributed by atoms with van der Waals surface area (Å²) in [6, 6.07) is 10.8. The molecule has 0 aliphatic heterocycles. The molecule has 0 saturated heterocycles. The van der Waals surface area contributed by atoms with Crippen LogP contribution in [0.25, 0.3) is 0 Å². The molecule has 3 heteroatoms. The zero-order valence-corrected chi connectivity index (χ0v) is 14.0. The molecular formula is C20H28O3. The zero-order chi connectivity index (χ0) is 16.5. The Hall–Kier alpha value is -1.61. The van der Waals surface area contributed by atoms with Gasteiger partial charge in [0.1, 0.15) is 0 Å². The van der Waals surface area contributed by atoms with Crippen LogP contribution in [0.15, 0.2) is 42.5 Å². The smallest absolute Gasteiger partial charge is 0.303 e. The highest BCUT2D eigenvalue weighted by Gasteiger charge is 2.30. The van der Waals surface area contributed by atoms with Crippen molar-refractivity contribution in [2.75, 3.05) is 7.11 Å². The summed E-state index contributed by atoms with van der Waals surface area (Å²) in [5, 5.41) is 8.65. The Morgan fingerprint density at radius 3 is 2.74 bits per heavy atom. The van der Waals surface area contributed by atoms with E-state index in [2.05, 4.69) is 42.5 Å². The molecule has 2 rings (SSSR count). The molecular weight excluding hydrogens is 288 g/mol. The van der Waals surface area contributed by atoms with E-state index < -0.39 is 5.97 Å². The average molecular weight is 316 g/mol. The highest BCUT2D eigenvalue weighted by molar-refractivity contribution is 5.66. The number of rotatable bonds is 8. The maximum absolute atomic E-state index is 10.5. The van der Waals surface area contributed by atoms with Crippen molar-refractivity contribution in [1.29, 1.82) is 0 Å². The normalized spacial score (nSPS) is 24.8. The number of aliphatic carboxylic acids is 1. The number of allylic oxidation sites excluding steroid dienone is 2. The van der Waals surface area contributed by atoms with Gasteiger partial charge in [0.05, 0.1) is 6.10 Å². The Labute approximate surface area is 139 Å². The van der Waals surface area contributed by atoms with Gasteiger partial charge in [-0.3, -0.25) is 4.79 Å². The molecule has 0 bridgehead atoms. The van der Waals surface area contributed by atoms with Gasteiger partial charge in [-0.2, -0.15) is 0 Å². The monoisotopic (exact) mass is 316 g/mol. The molecule has 0 radical (unpaired) electrons. The molecule has 3 unspecified atom stereocenters. The highest BCUT2D eigenvalue weighted by atomic mass is 16.5. The third-order valence-electron chi connectivity index (χ3n) is 4.87. The van der Waals surface area contributed by atoms with Crippen LogP contribution < -0.4 is 0 Å². The summed E-state index contributed by atoms with van der Waals surface area (Å²) in [7, 11) is 1.81. The minimum atomic E-state index is -0.708. The number of carboxylic acids is 1. The molecule has 1 aromatic rings. The number of hydrogen-bond acceptors (Lipinski definition) is 2. The van der Waals surface area contributed by atoms with Crippen molar-refractivity contribution in [3.05, 3.63) is 48.0 Å². The van der Waals surface area contributed by atoms with Gasteiger partial charge in [0, 0.05) is 13.5 Å². The van der Waals surface area contributed by atoms with Crippen molar-refractivity contribution in [1.82, 2.24) is 0 Å². The van der Waals surface area contributed by atoms with Crippen LogP contribution in [0.1, 0.15) is 56.4 Å². The van der Waals surface area contributed by atoms with Crippen LogP contribution >= 0.6 is 0 Å². The third kappa shape index (κ3) is 5.83. The predicted octanol–water partition coefficient (Wildman–Crippen LogP) is 4.79. The number of carboxylic acid groups (broad SMARTS) is 1. The molecule has 1 fully saturated rings. The van der Waals surface area contributed by atoms with E-state index >= 15 is 0 Å². The molecule has 1 N–H and O–H groups in total. The Bertz CT molecular complexity index is 495.